The molecule has 2 fully saturated rings. The van der Waals surface area contributed by atoms with Gasteiger partial charge in [0.05, 0.1) is 12.6 Å². The van der Waals surface area contributed by atoms with Gasteiger partial charge in [0.1, 0.15) is 15.7 Å². The Hall–Kier alpha value is -2.49. The summed E-state index contributed by atoms with van der Waals surface area (Å²) in [6.07, 6.45) is 2.40. The zero-order valence-corrected chi connectivity index (χ0v) is 19.5. The molecule has 32 heavy (non-hydrogen) atoms. The molecule has 168 valence electrons. The summed E-state index contributed by atoms with van der Waals surface area (Å²) in [4.78, 5) is 19.7. The first kappa shape index (κ1) is 21.4. The molecule has 7 nitrogen and oxygen atoms in total. The predicted molar refractivity (Wildman–Crippen MR) is 124 cm³/mol. The Morgan fingerprint density at radius 2 is 1.84 bits per heavy atom. The summed E-state index contributed by atoms with van der Waals surface area (Å²) in [7, 11) is -1.82. The van der Waals surface area contributed by atoms with E-state index in [1.807, 2.05) is 29.2 Å². The van der Waals surface area contributed by atoms with Crippen LogP contribution >= 0.6 is 11.3 Å². The summed E-state index contributed by atoms with van der Waals surface area (Å²) in [5.74, 6) is 0.541. The van der Waals surface area contributed by atoms with Crippen LogP contribution in [0.4, 0.5) is 0 Å². The quantitative estimate of drug-likeness (QED) is 0.581. The predicted octanol–water partition coefficient (Wildman–Crippen LogP) is 3.62. The number of fused-ring (bicyclic) bond motifs is 1. The number of methoxy groups -OCH3 is 1. The normalized spacial score (nSPS) is 19.0. The number of para-hydroxylation sites is 1. The van der Waals surface area contributed by atoms with Crippen LogP contribution in [-0.2, 0) is 10.0 Å². The average Bonchev–Trinajstić information content (AvgIpc) is 3.50. The molecule has 0 atom stereocenters. The van der Waals surface area contributed by atoms with Crippen molar-refractivity contribution in [1.29, 1.82) is 0 Å². The van der Waals surface area contributed by atoms with Gasteiger partial charge in [0.2, 0.25) is 0 Å². The summed E-state index contributed by atoms with van der Waals surface area (Å²) >= 11 is 1.25. The Labute approximate surface area is 191 Å². The second-order valence-corrected chi connectivity index (χ2v) is 11.7. The van der Waals surface area contributed by atoms with Crippen LogP contribution < -0.4 is 4.74 Å². The van der Waals surface area contributed by atoms with E-state index < -0.39 is 10.0 Å². The number of hydrogen-bond donors (Lipinski definition) is 0. The summed E-state index contributed by atoms with van der Waals surface area (Å²) < 4.78 is 33.1. The van der Waals surface area contributed by atoms with E-state index >= 15 is 0 Å². The lowest BCUT2D eigenvalue weighted by Gasteiger charge is -2.38. The van der Waals surface area contributed by atoms with Crippen molar-refractivity contribution in [3.8, 4) is 5.75 Å². The Kier molecular flexibility index (Phi) is 5.43. The number of sulfonamides is 1. The smallest absolute Gasteiger partial charge is 0.272 e. The lowest BCUT2D eigenvalue weighted by atomic mass is 9.78. The molecule has 2 aromatic heterocycles. The molecule has 4 heterocycles. The number of rotatable bonds is 4. The zero-order valence-electron chi connectivity index (χ0n) is 17.9. The molecule has 0 radical (unpaired) electrons. The van der Waals surface area contributed by atoms with E-state index in [4.69, 9.17) is 4.74 Å². The Morgan fingerprint density at radius 1 is 1.09 bits per heavy atom. The minimum Gasteiger partial charge on any atom is -0.496 e. The van der Waals surface area contributed by atoms with Gasteiger partial charge in [-0.3, -0.25) is 4.79 Å². The standard InChI is InChI=1S/C23H25N3O4S2/c1-30-20-15-19(24-18-6-3-2-5-17(18)20)22(27)25-11-8-23(16-25)9-12-26(13-10-23)32(28,29)21-7-4-14-31-21/h2-7,14-15H,8-13,16H2,1H3. The molecule has 0 saturated carbocycles. The molecule has 1 spiro atoms. The van der Waals surface area contributed by atoms with Gasteiger partial charge in [0.15, 0.2) is 0 Å². The topological polar surface area (TPSA) is 79.8 Å². The van der Waals surface area contributed by atoms with Gasteiger partial charge < -0.3 is 9.64 Å². The number of likely N-dealkylation sites (tertiary alicyclic amines) is 1. The van der Waals surface area contributed by atoms with E-state index in [1.54, 1.807) is 35.0 Å². The summed E-state index contributed by atoms with van der Waals surface area (Å²) in [6, 6.07) is 12.8. The second-order valence-electron chi connectivity index (χ2n) is 8.54. The summed E-state index contributed by atoms with van der Waals surface area (Å²) in [6.45, 7) is 2.28. The molecule has 2 aliphatic rings. The van der Waals surface area contributed by atoms with Crippen molar-refractivity contribution < 1.29 is 17.9 Å². The third-order valence-corrected chi connectivity index (χ3v) is 9.99. The fourth-order valence-electron chi connectivity index (χ4n) is 4.84. The highest BCUT2D eigenvalue weighted by Gasteiger charge is 2.44. The Bertz CT molecular complexity index is 1250. The van der Waals surface area contributed by atoms with E-state index in [2.05, 4.69) is 4.98 Å². The van der Waals surface area contributed by atoms with Gasteiger partial charge in [-0.1, -0.05) is 18.2 Å². The van der Waals surface area contributed by atoms with Crippen molar-refractivity contribution in [2.75, 3.05) is 33.3 Å². The van der Waals surface area contributed by atoms with Gasteiger partial charge in [0.25, 0.3) is 15.9 Å². The van der Waals surface area contributed by atoms with E-state index in [-0.39, 0.29) is 11.3 Å². The molecule has 2 aliphatic heterocycles. The third kappa shape index (κ3) is 3.68. The number of carbonyl (C=O) groups is 1. The van der Waals surface area contributed by atoms with Crippen molar-refractivity contribution >= 4 is 38.2 Å². The van der Waals surface area contributed by atoms with Gasteiger partial charge in [0, 0.05) is 37.6 Å². The molecule has 0 bridgehead atoms. The number of hydrogen-bond acceptors (Lipinski definition) is 6. The fourth-order valence-corrected chi connectivity index (χ4v) is 7.42. The highest BCUT2D eigenvalue weighted by atomic mass is 32.2. The van der Waals surface area contributed by atoms with Crippen LogP contribution in [0.1, 0.15) is 29.8 Å². The fraction of sp³-hybridized carbons (Fsp3) is 0.391. The van der Waals surface area contributed by atoms with Crippen molar-refractivity contribution in [2.45, 2.75) is 23.5 Å². The molecule has 3 aromatic rings. The van der Waals surface area contributed by atoms with Crippen LogP contribution in [0.5, 0.6) is 5.75 Å². The van der Waals surface area contributed by atoms with Gasteiger partial charge in [-0.25, -0.2) is 13.4 Å². The monoisotopic (exact) mass is 471 g/mol. The number of thiophene rings is 1. The minimum atomic E-state index is -3.42. The van der Waals surface area contributed by atoms with Crippen LogP contribution in [-0.4, -0.2) is 61.8 Å². The maximum Gasteiger partial charge on any atom is 0.272 e. The summed E-state index contributed by atoms with van der Waals surface area (Å²) in [5, 5.41) is 2.66. The summed E-state index contributed by atoms with van der Waals surface area (Å²) in [5.41, 5.74) is 1.09. The number of pyridine rings is 1. The van der Waals surface area contributed by atoms with Gasteiger partial charge >= 0.3 is 0 Å². The number of carbonyl (C=O) groups excluding carboxylic acids is 1. The second kappa shape index (κ2) is 8.13. The SMILES string of the molecule is COc1cc(C(=O)N2CCC3(CCN(S(=O)(=O)c4cccs4)CC3)C2)nc2ccccc12. The number of aromatic nitrogens is 1. The Morgan fingerprint density at radius 3 is 2.56 bits per heavy atom. The molecule has 9 heteroatoms. The molecule has 1 aromatic carbocycles. The van der Waals surface area contributed by atoms with Crippen LogP contribution in [0.15, 0.2) is 52.1 Å². The van der Waals surface area contributed by atoms with Gasteiger partial charge in [-0.05, 0) is 48.3 Å². The van der Waals surface area contributed by atoms with Crippen LogP contribution in [0.25, 0.3) is 10.9 Å². The lowest BCUT2D eigenvalue weighted by Crippen LogP contribution is -2.44. The maximum absolute atomic E-state index is 13.3. The number of piperidine rings is 1. The molecule has 0 N–H and O–H groups in total. The highest BCUT2D eigenvalue weighted by molar-refractivity contribution is 7.91. The molecule has 0 unspecified atom stereocenters. The minimum absolute atomic E-state index is 0.0297. The first-order valence-electron chi connectivity index (χ1n) is 10.7. The Balaban J connectivity index is 1.30. The van der Waals surface area contributed by atoms with E-state index in [0.717, 1.165) is 30.2 Å². The van der Waals surface area contributed by atoms with Crippen molar-refractivity contribution in [2.24, 2.45) is 5.41 Å². The molecule has 5 rings (SSSR count). The van der Waals surface area contributed by atoms with E-state index in [0.29, 0.717) is 41.8 Å². The first-order chi connectivity index (χ1) is 15.4. The molecule has 2 saturated heterocycles. The molecule has 1 amide bonds. The number of benzene rings is 1. The van der Waals surface area contributed by atoms with E-state index in [1.165, 1.54) is 11.3 Å². The van der Waals surface area contributed by atoms with Crippen LogP contribution in [0.3, 0.4) is 0 Å². The zero-order chi connectivity index (χ0) is 22.3. The highest BCUT2D eigenvalue weighted by Crippen LogP contribution is 2.42. The van der Waals surface area contributed by atoms with Gasteiger partial charge in [-0.15, -0.1) is 11.3 Å². The number of nitrogens with zero attached hydrogens (tertiary/aromatic N) is 3. The lowest BCUT2D eigenvalue weighted by molar-refractivity contribution is 0.0745. The van der Waals surface area contributed by atoms with Crippen LogP contribution in [0, 0.1) is 5.41 Å². The van der Waals surface area contributed by atoms with E-state index in [9.17, 15) is 13.2 Å². The first-order valence-corrected chi connectivity index (χ1v) is 13.0. The molecular weight excluding hydrogens is 446 g/mol. The average molecular weight is 472 g/mol. The number of ether oxygens (including phenoxy) is 1. The molecule has 0 aliphatic carbocycles. The maximum atomic E-state index is 13.3. The van der Waals surface area contributed by atoms with Gasteiger partial charge in [-0.2, -0.15) is 4.31 Å². The van der Waals surface area contributed by atoms with Crippen LogP contribution in [0.2, 0.25) is 0 Å². The van der Waals surface area contributed by atoms with Crippen molar-refractivity contribution in [3.05, 3.63) is 53.5 Å². The largest absolute Gasteiger partial charge is 0.496 e. The number of amides is 1. The third-order valence-electron chi connectivity index (χ3n) is 6.72. The van der Waals surface area contributed by atoms with Crippen molar-refractivity contribution in [3.63, 3.8) is 0 Å². The molecular formula is C23H25N3O4S2. The van der Waals surface area contributed by atoms with Crippen molar-refractivity contribution in [1.82, 2.24) is 14.2 Å².